The summed E-state index contributed by atoms with van der Waals surface area (Å²) in [5.41, 5.74) is 1.25. The van der Waals surface area contributed by atoms with E-state index >= 15 is 0 Å². The van der Waals surface area contributed by atoms with Gasteiger partial charge in [0.1, 0.15) is 24.5 Å². The van der Waals surface area contributed by atoms with E-state index in [-0.39, 0.29) is 69.4 Å². The Morgan fingerprint density at radius 2 is 1.79 bits per heavy atom. The van der Waals surface area contributed by atoms with Crippen LogP contribution in [-0.4, -0.2) is 94.7 Å². The number of rotatable bonds is 5. The number of aliphatic hydroxyl groups excluding tert-OH is 1. The summed E-state index contributed by atoms with van der Waals surface area (Å²) in [5.74, 6) is -2.23. The number of aliphatic hydroxyl groups is 1. The third-order valence-electron chi connectivity index (χ3n) is 9.43. The van der Waals surface area contributed by atoms with Crippen molar-refractivity contribution >= 4 is 17.5 Å². The van der Waals surface area contributed by atoms with Crippen LogP contribution in [0.4, 0.5) is 0 Å². The molecule has 1 aliphatic carbocycles. The van der Waals surface area contributed by atoms with Crippen LogP contribution in [0.25, 0.3) is 0 Å². The monoisotopic (exact) mass is 593 g/mol. The third kappa shape index (κ3) is 4.10. The van der Waals surface area contributed by atoms with Crippen molar-refractivity contribution in [2.24, 2.45) is 0 Å². The molecule has 0 amide bonds. The van der Waals surface area contributed by atoms with Crippen molar-refractivity contribution in [1.82, 2.24) is 9.80 Å². The molecule has 3 N–H and O–H groups in total. The number of phenols is 2. The summed E-state index contributed by atoms with van der Waals surface area (Å²) in [6, 6.07) is -2.30. The number of nitriles is 1. The average molecular weight is 594 g/mol. The van der Waals surface area contributed by atoms with Gasteiger partial charge in [0.25, 0.3) is 0 Å². The second-order valence-corrected chi connectivity index (χ2v) is 11.3. The van der Waals surface area contributed by atoms with Gasteiger partial charge in [0.2, 0.25) is 5.78 Å². The molecule has 228 valence electrons. The smallest absolute Gasteiger partial charge is 0.333 e. The number of ketones is 2. The number of aromatic hydroxyl groups is 2. The van der Waals surface area contributed by atoms with E-state index in [0.717, 1.165) is 0 Å². The number of Topliss-reactive ketones (excluding diaryl/α,β-unsaturated/α-hetero) is 2. The van der Waals surface area contributed by atoms with Crippen molar-refractivity contribution in [3.8, 4) is 23.3 Å². The molecule has 5 rings (SSSR count). The van der Waals surface area contributed by atoms with Crippen LogP contribution in [-0.2, 0) is 23.9 Å². The van der Waals surface area contributed by atoms with E-state index in [1.165, 1.54) is 21.1 Å². The molecule has 12 nitrogen and oxygen atoms in total. The number of ether oxygens (including phenoxy) is 3. The molecule has 0 spiro atoms. The van der Waals surface area contributed by atoms with Crippen molar-refractivity contribution in [3.63, 3.8) is 0 Å². The SMILES string of the molecule is C/C=C(/C)C(=O)OC[C@H]1C2=C(C[C@H]3[C@H]4c5c(O)c(OC)c(C)c(O)c5[C@H](O)[C@@H]([C@H](C#N)N13)N4C)C(=O)C(C)=C(OC)C2=O. The second kappa shape index (κ2) is 10.8. The highest BCUT2D eigenvalue weighted by Crippen LogP contribution is 2.58. The number of nitrogens with zero attached hydrogens (tertiary/aromatic N) is 3. The first-order valence-corrected chi connectivity index (χ1v) is 13.9. The van der Waals surface area contributed by atoms with E-state index < -0.39 is 53.8 Å². The fraction of sp³-hybridized carbons (Fsp3) is 0.484. The molecule has 2 bridgehead atoms. The number of allylic oxidation sites excluding steroid dienone is 3. The molecule has 3 aliphatic heterocycles. The van der Waals surface area contributed by atoms with E-state index in [9.17, 15) is 35.0 Å². The molecule has 0 unspecified atom stereocenters. The van der Waals surface area contributed by atoms with Gasteiger partial charge in [-0.05, 0) is 41.2 Å². The van der Waals surface area contributed by atoms with Gasteiger partial charge in [0, 0.05) is 45.0 Å². The van der Waals surface area contributed by atoms with Crippen LogP contribution >= 0.6 is 0 Å². The zero-order valence-electron chi connectivity index (χ0n) is 25.1. The lowest BCUT2D eigenvalue weighted by molar-refractivity contribution is -0.147. The quantitative estimate of drug-likeness (QED) is 0.197. The number of fused-ring (bicyclic) bond motifs is 6. The molecule has 6 atom stereocenters. The summed E-state index contributed by atoms with van der Waals surface area (Å²) >= 11 is 0. The van der Waals surface area contributed by atoms with Crippen molar-refractivity contribution in [2.45, 2.75) is 70.4 Å². The molecule has 12 heteroatoms. The molecule has 1 aromatic rings. The lowest BCUT2D eigenvalue weighted by atomic mass is 9.69. The highest BCUT2D eigenvalue weighted by atomic mass is 16.5. The molecule has 0 saturated carbocycles. The van der Waals surface area contributed by atoms with Gasteiger partial charge in [-0.1, -0.05) is 6.08 Å². The molecule has 0 aromatic heterocycles. The Balaban J connectivity index is 1.77. The van der Waals surface area contributed by atoms with Crippen LogP contribution in [0.1, 0.15) is 56.0 Å². The average Bonchev–Trinajstić information content (AvgIpc) is 2.98. The van der Waals surface area contributed by atoms with E-state index in [1.807, 2.05) is 0 Å². The van der Waals surface area contributed by atoms with Crippen LogP contribution in [0.5, 0.6) is 17.2 Å². The molecule has 1 saturated heterocycles. The van der Waals surface area contributed by atoms with Gasteiger partial charge in [-0.15, -0.1) is 0 Å². The molecule has 0 radical (unpaired) electrons. The number of carbonyl (C=O) groups excluding carboxylic acids is 3. The van der Waals surface area contributed by atoms with E-state index in [2.05, 4.69) is 6.07 Å². The van der Waals surface area contributed by atoms with Gasteiger partial charge in [0.15, 0.2) is 23.0 Å². The molecule has 4 aliphatic rings. The van der Waals surface area contributed by atoms with E-state index in [4.69, 9.17) is 14.2 Å². The van der Waals surface area contributed by atoms with Crippen molar-refractivity contribution in [3.05, 3.63) is 50.8 Å². The number of likely N-dealkylation sites (N-methyl/N-ethyl adjacent to an activating group) is 1. The second-order valence-electron chi connectivity index (χ2n) is 11.3. The summed E-state index contributed by atoms with van der Waals surface area (Å²) in [5, 5.41) is 45.0. The summed E-state index contributed by atoms with van der Waals surface area (Å²) in [7, 11) is 4.34. The lowest BCUT2D eigenvalue weighted by Crippen LogP contribution is -2.71. The fourth-order valence-corrected chi connectivity index (χ4v) is 7.28. The Bertz CT molecular complexity index is 1580. The van der Waals surface area contributed by atoms with Gasteiger partial charge in [-0.3, -0.25) is 19.4 Å². The molecule has 1 fully saturated rings. The van der Waals surface area contributed by atoms with Crippen LogP contribution < -0.4 is 4.74 Å². The predicted octanol–water partition coefficient (Wildman–Crippen LogP) is 2.03. The van der Waals surface area contributed by atoms with Crippen LogP contribution in [0.3, 0.4) is 0 Å². The zero-order valence-corrected chi connectivity index (χ0v) is 25.1. The number of hydrogen-bond acceptors (Lipinski definition) is 12. The molecule has 43 heavy (non-hydrogen) atoms. The first-order valence-electron chi connectivity index (χ1n) is 13.9. The van der Waals surface area contributed by atoms with Gasteiger partial charge >= 0.3 is 5.97 Å². The molecule has 3 heterocycles. The third-order valence-corrected chi connectivity index (χ3v) is 9.43. The fourth-order valence-electron chi connectivity index (χ4n) is 7.28. The highest BCUT2D eigenvalue weighted by molar-refractivity contribution is 6.25. The standard InChI is InChI=1S/C31H35N3O9/c1-8-12(2)31(40)43-11-18-19-15(24(35)13(3)29(41-6)27(19)38)9-16-22-20-21(25(36)14(4)30(42-7)28(20)39)26(37)23(33(22)5)17(10-32)34(16)18/h8,16-18,22-23,26,36-37,39H,9,11H2,1-7H3/b12-8-/t16-,17-,18-,22-,23+,26-/m0/s1. The van der Waals surface area contributed by atoms with Gasteiger partial charge in [-0.25, -0.2) is 4.79 Å². The van der Waals surface area contributed by atoms with Gasteiger partial charge in [-0.2, -0.15) is 5.26 Å². The summed E-state index contributed by atoms with van der Waals surface area (Å²) < 4.78 is 16.4. The van der Waals surface area contributed by atoms with Crippen LogP contribution in [0, 0.1) is 18.3 Å². The van der Waals surface area contributed by atoms with E-state index in [0.29, 0.717) is 5.57 Å². The zero-order chi connectivity index (χ0) is 31.7. The number of methoxy groups -OCH3 is 2. The summed E-state index contributed by atoms with van der Waals surface area (Å²) in [4.78, 5) is 43.8. The maximum Gasteiger partial charge on any atom is 0.333 e. The Morgan fingerprint density at radius 3 is 2.37 bits per heavy atom. The molecular formula is C31H35N3O9. The minimum Gasteiger partial charge on any atom is -0.507 e. The minimum absolute atomic E-state index is 0.00157. The van der Waals surface area contributed by atoms with Gasteiger partial charge in [0.05, 0.1) is 38.4 Å². The van der Waals surface area contributed by atoms with Crippen LogP contribution in [0.15, 0.2) is 34.1 Å². The largest absolute Gasteiger partial charge is 0.507 e. The highest BCUT2D eigenvalue weighted by Gasteiger charge is 2.60. The summed E-state index contributed by atoms with van der Waals surface area (Å²) in [6.07, 6.45) is 0.150. The Morgan fingerprint density at radius 1 is 1.12 bits per heavy atom. The minimum atomic E-state index is -1.43. The predicted molar refractivity (Wildman–Crippen MR) is 151 cm³/mol. The van der Waals surface area contributed by atoms with E-state index in [1.54, 1.807) is 43.7 Å². The van der Waals surface area contributed by atoms with Crippen molar-refractivity contribution < 1.29 is 43.9 Å². The number of esters is 1. The Labute approximate surface area is 249 Å². The molecular weight excluding hydrogens is 558 g/mol. The molecule has 1 aromatic carbocycles. The topological polar surface area (TPSA) is 170 Å². The number of carbonyl (C=O) groups is 3. The van der Waals surface area contributed by atoms with Crippen molar-refractivity contribution in [2.75, 3.05) is 27.9 Å². The maximum absolute atomic E-state index is 13.9. The Hall–Kier alpha value is -4.18. The number of hydrogen-bond donors (Lipinski definition) is 3. The van der Waals surface area contributed by atoms with Crippen LogP contribution in [0.2, 0.25) is 0 Å². The lowest BCUT2D eigenvalue weighted by Gasteiger charge is -2.60. The Kier molecular flexibility index (Phi) is 7.62. The summed E-state index contributed by atoms with van der Waals surface area (Å²) in [6.45, 7) is 5.95. The number of benzene rings is 1. The maximum atomic E-state index is 13.9. The number of piperazine rings is 1. The first kappa shape index (κ1) is 30.3. The van der Waals surface area contributed by atoms with Crippen molar-refractivity contribution in [1.29, 1.82) is 5.26 Å². The first-order chi connectivity index (χ1) is 20.4. The van der Waals surface area contributed by atoms with Gasteiger partial charge < -0.3 is 29.5 Å². The number of phenolic OH excluding ortho intramolecular Hbond substituents is 2. The normalized spacial score (nSPS) is 29.0.